The van der Waals surface area contributed by atoms with Crippen molar-refractivity contribution in [3.63, 3.8) is 0 Å². The van der Waals surface area contributed by atoms with Crippen molar-refractivity contribution in [1.29, 1.82) is 0 Å². The highest BCUT2D eigenvalue weighted by molar-refractivity contribution is 5.83. The number of carbonyl (C=O) groups is 3. The van der Waals surface area contributed by atoms with Crippen molar-refractivity contribution in [2.75, 3.05) is 26.8 Å². The van der Waals surface area contributed by atoms with Gasteiger partial charge in [-0.3, -0.25) is 9.59 Å². The van der Waals surface area contributed by atoms with Gasteiger partial charge in [0.2, 0.25) is 0 Å². The molecular formula is C26H30N2O6. The van der Waals surface area contributed by atoms with Crippen molar-refractivity contribution in [3.05, 3.63) is 59.7 Å². The van der Waals surface area contributed by atoms with E-state index in [-0.39, 0.29) is 37.4 Å². The maximum atomic E-state index is 13.0. The summed E-state index contributed by atoms with van der Waals surface area (Å²) in [6, 6.07) is 15.8. The summed E-state index contributed by atoms with van der Waals surface area (Å²) in [7, 11) is 1.40. The number of methoxy groups -OCH3 is 1. The Labute approximate surface area is 198 Å². The van der Waals surface area contributed by atoms with E-state index >= 15 is 0 Å². The number of carboxylic acids is 1. The van der Waals surface area contributed by atoms with Crippen molar-refractivity contribution >= 4 is 18.0 Å². The number of nitrogens with zero attached hydrogens (tertiary/aromatic N) is 1. The molecule has 0 aromatic heterocycles. The smallest absolute Gasteiger partial charge is 0.407 e. The average Bonchev–Trinajstić information content (AvgIpc) is 3.16. The van der Waals surface area contributed by atoms with Gasteiger partial charge in [0.25, 0.3) is 5.91 Å². The zero-order valence-corrected chi connectivity index (χ0v) is 19.2. The highest BCUT2D eigenvalue weighted by atomic mass is 16.5. The molecule has 180 valence electrons. The van der Waals surface area contributed by atoms with Crippen molar-refractivity contribution in [3.8, 4) is 11.1 Å². The van der Waals surface area contributed by atoms with Gasteiger partial charge in [0, 0.05) is 25.6 Å². The first-order chi connectivity index (χ1) is 16.5. The molecule has 1 heterocycles. The molecular weight excluding hydrogens is 436 g/mol. The van der Waals surface area contributed by atoms with E-state index in [1.807, 2.05) is 36.4 Å². The second kappa shape index (κ2) is 10.7. The highest BCUT2D eigenvalue weighted by Crippen LogP contribution is 2.44. The van der Waals surface area contributed by atoms with Crippen LogP contribution in [-0.2, 0) is 19.1 Å². The second-order valence-corrected chi connectivity index (χ2v) is 8.71. The number of hydrogen-bond donors (Lipinski definition) is 2. The number of carboxylic acid groups (broad SMARTS) is 1. The molecule has 2 unspecified atom stereocenters. The topological polar surface area (TPSA) is 105 Å². The maximum Gasteiger partial charge on any atom is 0.407 e. The van der Waals surface area contributed by atoms with Crippen molar-refractivity contribution in [2.45, 2.75) is 43.7 Å². The zero-order chi connectivity index (χ0) is 24.1. The van der Waals surface area contributed by atoms with Crippen LogP contribution in [0.25, 0.3) is 11.1 Å². The van der Waals surface area contributed by atoms with E-state index in [1.165, 1.54) is 7.11 Å². The molecule has 2 aromatic carbocycles. The Hall–Kier alpha value is -3.39. The molecule has 8 heteroatoms. The van der Waals surface area contributed by atoms with Gasteiger partial charge in [0.05, 0.1) is 13.0 Å². The van der Waals surface area contributed by atoms with Gasteiger partial charge in [0.15, 0.2) is 6.10 Å². The van der Waals surface area contributed by atoms with Gasteiger partial charge in [-0.2, -0.15) is 0 Å². The molecule has 0 saturated carbocycles. The Morgan fingerprint density at radius 3 is 2.32 bits per heavy atom. The molecule has 0 bridgehead atoms. The number of amides is 2. The standard InChI is InChI=1S/C26H30N2O6/c1-33-23(25(31)28-13-7-6-8-17(28)14-24(29)30)15-27-26(32)34-16-22-20-11-4-2-9-18(20)19-10-3-5-12-21(19)22/h2-5,9-12,17,22-23H,6-8,13-16H2,1H3,(H,27,32)(H,29,30). The van der Waals surface area contributed by atoms with Crippen LogP contribution in [0.1, 0.15) is 42.7 Å². The van der Waals surface area contributed by atoms with Crippen LogP contribution < -0.4 is 5.32 Å². The van der Waals surface area contributed by atoms with E-state index in [2.05, 4.69) is 17.4 Å². The summed E-state index contributed by atoms with van der Waals surface area (Å²) in [6.07, 6.45) is 0.721. The molecule has 1 aliphatic carbocycles. The third-order valence-electron chi connectivity index (χ3n) is 6.66. The fourth-order valence-electron chi connectivity index (χ4n) is 4.99. The highest BCUT2D eigenvalue weighted by Gasteiger charge is 2.33. The zero-order valence-electron chi connectivity index (χ0n) is 19.2. The molecule has 1 aliphatic heterocycles. The van der Waals surface area contributed by atoms with Crippen molar-refractivity contribution in [1.82, 2.24) is 10.2 Å². The Morgan fingerprint density at radius 1 is 1.06 bits per heavy atom. The monoisotopic (exact) mass is 466 g/mol. The number of rotatable bonds is 8. The van der Waals surface area contributed by atoms with Crippen LogP contribution in [0.5, 0.6) is 0 Å². The minimum atomic E-state index is -0.935. The first kappa shape index (κ1) is 23.8. The van der Waals surface area contributed by atoms with Crippen LogP contribution in [0.3, 0.4) is 0 Å². The number of benzene rings is 2. The number of hydrogen-bond acceptors (Lipinski definition) is 5. The minimum absolute atomic E-state index is 0.0527. The van der Waals surface area contributed by atoms with Crippen LogP contribution in [-0.4, -0.2) is 66.9 Å². The van der Waals surface area contributed by atoms with E-state index in [1.54, 1.807) is 4.90 Å². The van der Waals surface area contributed by atoms with E-state index < -0.39 is 18.2 Å². The molecule has 1 saturated heterocycles. The fraction of sp³-hybridized carbons (Fsp3) is 0.423. The maximum absolute atomic E-state index is 13.0. The van der Waals surface area contributed by atoms with E-state index in [9.17, 15) is 14.4 Å². The Morgan fingerprint density at radius 2 is 1.71 bits per heavy atom. The Balaban J connectivity index is 1.33. The number of likely N-dealkylation sites (tertiary alicyclic amines) is 1. The first-order valence-electron chi connectivity index (χ1n) is 11.6. The van der Waals surface area contributed by atoms with Gasteiger partial charge < -0.3 is 24.8 Å². The molecule has 8 nitrogen and oxygen atoms in total. The SMILES string of the molecule is COC(CNC(=O)OCC1c2ccccc2-c2ccccc21)C(=O)N1CCCCC1CC(=O)O. The fourth-order valence-corrected chi connectivity index (χ4v) is 4.99. The van der Waals surface area contributed by atoms with Crippen LogP contribution in [0.2, 0.25) is 0 Å². The summed E-state index contributed by atoms with van der Waals surface area (Å²) in [5.74, 6) is -1.30. The van der Waals surface area contributed by atoms with Crippen molar-refractivity contribution in [2.24, 2.45) is 0 Å². The van der Waals surface area contributed by atoms with E-state index in [4.69, 9.17) is 14.6 Å². The molecule has 4 rings (SSSR count). The average molecular weight is 467 g/mol. The van der Waals surface area contributed by atoms with E-state index in [0.717, 1.165) is 35.1 Å². The van der Waals surface area contributed by atoms with Gasteiger partial charge in [-0.25, -0.2) is 4.79 Å². The molecule has 2 amide bonds. The lowest BCUT2D eigenvalue weighted by atomic mass is 9.98. The van der Waals surface area contributed by atoms with Crippen LogP contribution >= 0.6 is 0 Å². The quantitative estimate of drug-likeness (QED) is 0.618. The number of nitrogens with one attached hydrogen (secondary N) is 1. The predicted molar refractivity (Wildman–Crippen MR) is 125 cm³/mol. The van der Waals surface area contributed by atoms with Gasteiger partial charge in [-0.15, -0.1) is 0 Å². The second-order valence-electron chi connectivity index (χ2n) is 8.71. The summed E-state index contributed by atoms with van der Waals surface area (Å²) in [4.78, 5) is 38.2. The lowest BCUT2D eigenvalue weighted by molar-refractivity contribution is -0.148. The third kappa shape index (κ3) is 5.07. The molecule has 2 N–H and O–H groups in total. The lowest BCUT2D eigenvalue weighted by Gasteiger charge is -2.36. The Kier molecular flexibility index (Phi) is 7.47. The van der Waals surface area contributed by atoms with Crippen molar-refractivity contribution < 1.29 is 29.0 Å². The number of ether oxygens (including phenoxy) is 2. The molecule has 34 heavy (non-hydrogen) atoms. The van der Waals surface area contributed by atoms with E-state index in [0.29, 0.717) is 13.0 Å². The first-order valence-corrected chi connectivity index (χ1v) is 11.6. The summed E-state index contributed by atoms with van der Waals surface area (Å²) in [6.45, 7) is 0.613. The summed E-state index contributed by atoms with van der Waals surface area (Å²) in [5.41, 5.74) is 4.54. The normalized spacial score (nSPS) is 18.0. The summed E-state index contributed by atoms with van der Waals surface area (Å²) < 4.78 is 10.9. The molecule has 0 radical (unpaired) electrons. The largest absolute Gasteiger partial charge is 0.481 e. The molecule has 2 aromatic rings. The van der Waals surface area contributed by atoms with Gasteiger partial charge >= 0.3 is 12.1 Å². The van der Waals surface area contributed by atoms with Gasteiger partial charge in [-0.05, 0) is 41.5 Å². The lowest BCUT2D eigenvalue weighted by Crippen LogP contribution is -2.52. The van der Waals surface area contributed by atoms with Gasteiger partial charge in [0.1, 0.15) is 6.61 Å². The third-order valence-corrected chi connectivity index (χ3v) is 6.66. The molecule has 0 spiro atoms. The molecule has 2 aliphatic rings. The number of fused-ring (bicyclic) bond motifs is 3. The molecule has 2 atom stereocenters. The Bertz CT molecular complexity index is 1010. The predicted octanol–water partition coefficient (Wildman–Crippen LogP) is 3.40. The summed E-state index contributed by atoms with van der Waals surface area (Å²) in [5, 5.41) is 11.8. The number of aliphatic carboxylic acids is 1. The number of alkyl carbamates (subject to hydrolysis) is 1. The number of piperidine rings is 1. The minimum Gasteiger partial charge on any atom is -0.481 e. The van der Waals surface area contributed by atoms with Gasteiger partial charge in [-0.1, -0.05) is 48.5 Å². The summed E-state index contributed by atoms with van der Waals surface area (Å²) >= 11 is 0. The van der Waals surface area contributed by atoms with Crippen LogP contribution in [0, 0.1) is 0 Å². The van der Waals surface area contributed by atoms with Crippen LogP contribution in [0.4, 0.5) is 4.79 Å². The van der Waals surface area contributed by atoms with Crippen LogP contribution in [0.15, 0.2) is 48.5 Å². The molecule has 1 fully saturated rings. The number of carbonyl (C=O) groups excluding carboxylic acids is 2.